The zero-order valence-electron chi connectivity index (χ0n) is 15.0. The summed E-state index contributed by atoms with van der Waals surface area (Å²) < 4.78 is 6.77. The van der Waals surface area contributed by atoms with Crippen molar-refractivity contribution in [2.45, 2.75) is 26.2 Å². The number of aromatic amines is 1. The predicted octanol–water partition coefficient (Wildman–Crippen LogP) is 3.28. The van der Waals surface area contributed by atoms with Gasteiger partial charge in [-0.25, -0.2) is 4.79 Å². The summed E-state index contributed by atoms with van der Waals surface area (Å²) in [6.45, 7) is 2.65. The third-order valence-electron chi connectivity index (χ3n) is 4.22. The van der Waals surface area contributed by atoms with Gasteiger partial charge in [-0.05, 0) is 36.8 Å². The van der Waals surface area contributed by atoms with Gasteiger partial charge in [-0.15, -0.1) is 0 Å². The van der Waals surface area contributed by atoms with E-state index in [1.165, 1.54) is 13.2 Å². The number of nitrogens with zero attached hydrogens (tertiary/aromatic N) is 1. The highest BCUT2D eigenvalue weighted by Crippen LogP contribution is 2.23. The van der Waals surface area contributed by atoms with Crippen LogP contribution in [0.2, 0.25) is 0 Å². The molecule has 3 rings (SSSR count). The molecule has 0 aliphatic rings. The van der Waals surface area contributed by atoms with Crippen molar-refractivity contribution in [2.75, 3.05) is 13.7 Å². The quantitative estimate of drug-likeness (QED) is 0.373. The number of aromatic nitrogens is 2. The first-order valence-corrected chi connectivity index (χ1v) is 9.78. The maximum Gasteiger partial charge on any atom is 0.337 e. The van der Waals surface area contributed by atoms with Gasteiger partial charge in [0, 0.05) is 6.54 Å². The molecule has 9 heteroatoms. The second kappa shape index (κ2) is 8.01. The fraction of sp³-hybridized carbons (Fsp3) is 0.333. The Morgan fingerprint density at radius 1 is 1.33 bits per heavy atom. The normalized spacial score (nSPS) is 11.0. The van der Waals surface area contributed by atoms with Crippen molar-refractivity contribution in [3.05, 3.63) is 42.9 Å². The molecule has 0 radical (unpaired) electrons. The fourth-order valence-electron chi connectivity index (χ4n) is 2.85. The monoisotopic (exact) mass is 405 g/mol. The number of rotatable bonds is 6. The number of esters is 1. The number of unbranched alkanes of at least 4 members (excludes halogenated alkanes) is 2. The van der Waals surface area contributed by atoms with Crippen molar-refractivity contribution < 1.29 is 14.3 Å². The number of hydrogen-bond acceptors (Lipinski definition) is 6. The second-order valence-electron chi connectivity index (χ2n) is 6.02. The van der Waals surface area contributed by atoms with Crippen LogP contribution in [-0.2, 0) is 4.74 Å². The van der Waals surface area contributed by atoms with Crippen molar-refractivity contribution in [1.82, 2.24) is 14.7 Å². The number of carbonyl (C=O) groups excluding carboxylic acids is 2. The first kappa shape index (κ1) is 19.2. The molecule has 0 fully saturated rings. The average molecular weight is 406 g/mol. The van der Waals surface area contributed by atoms with E-state index in [0.717, 1.165) is 30.6 Å². The molecule has 2 heterocycles. The number of nitrogens with one attached hydrogen (secondary N) is 2. The molecule has 0 saturated heterocycles. The molecule has 0 bridgehead atoms. The molecular weight excluding hydrogens is 386 g/mol. The van der Waals surface area contributed by atoms with E-state index < -0.39 is 5.97 Å². The summed E-state index contributed by atoms with van der Waals surface area (Å²) in [5, 5.41) is 3.24. The van der Waals surface area contributed by atoms with Crippen molar-refractivity contribution in [3.8, 4) is 0 Å². The predicted molar refractivity (Wildman–Crippen MR) is 107 cm³/mol. The lowest BCUT2D eigenvalue weighted by atomic mass is 10.1. The molecule has 0 saturated carbocycles. The van der Waals surface area contributed by atoms with Gasteiger partial charge in [0.15, 0.2) is 3.95 Å². The van der Waals surface area contributed by atoms with Gasteiger partial charge in [0.25, 0.3) is 11.5 Å². The highest BCUT2D eigenvalue weighted by molar-refractivity contribution is 7.73. The minimum absolute atomic E-state index is 0.274. The van der Waals surface area contributed by atoms with E-state index in [1.54, 1.807) is 16.5 Å². The second-order valence-corrected chi connectivity index (χ2v) is 7.67. The Bertz CT molecular complexity index is 1140. The number of carbonyl (C=O) groups is 2. The molecule has 2 N–H and O–H groups in total. The smallest absolute Gasteiger partial charge is 0.337 e. The van der Waals surface area contributed by atoms with Crippen molar-refractivity contribution in [3.63, 3.8) is 0 Å². The van der Waals surface area contributed by atoms with Gasteiger partial charge in [0.2, 0.25) is 0 Å². The highest BCUT2D eigenvalue weighted by Gasteiger charge is 2.18. The minimum atomic E-state index is -0.513. The summed E-state index contributed by atoms with van der Waals surface area (Å²) in [6.07, 6.45) is 2.98. The fourth-order valence-corrected chi connectivity index (χ4v) is 4.14. The van der Waals surface area contributed by atoms with Crippen molar-refractivity contribution in [1.29, 1.82) is 0 Å². The summed E-state index contributed by atoms with van der Waals surface area (Å²) in [4.78, 5) is 40.0. The molecular formula is C18H19N3O4S2. The average Bonchev–Trinajstić information content (AvgIpc) is 3.00. The van der Waals surface area contributed by atoms with E-state index in [2.05, 4.69) is 17.2 Å². The van der Waals surface area contributed by atoms with E-state index >= 15 is 0 Å². The molecule has 0 atom stereocenters. The molecule has 142 valence electrons. The van der Waals surface area contributed by atoms with Gasteiger partial charge in [0.05, 0.1) is 23.6 Å². The van der Waals surface area contributed by atoms with Crippen LogP contribution in [0.1, 0.15) is 46.2 Å². The number of thiazole rings is 1. The Labute approximate surface area is 164 Å². The van der Waals surface area contributed by atoms with E-state index in [9.17, 15) is 14.4 Å². The molecule has 2 aromatic heterocycles. The number of hydrogen-bond donors (Lipinski definition) is 2. The number of H-pyrrole nitrogens is 1. The Morgan fingerprint density at radius 2 is 2.11 bits per heavy atom. The Kier molecular flexibility index (Phi) is 5.71. The zero-order valence-corrected chi connectivity index (χ0v) is 16.6. The number of methoxy groups -OCH3 is 1. The summed E-state index contributed by atoms with van der Waals surface area (Å²) in [7, 11) is 1.29. The van der Waals surface area contributed by atoms with E-state index in [-0.39, 0.29) is 11.5 Å². The van der Waals surface area contributed by atoms with Crippen LogP contribution >= 0.6 is 23.6 Å². The Morgan fingerprint density at radius 3 is 2.81 bits per heavy atom. The number of fused-ring (bicyclic) bond motifs is 3. The topological polar surface area (TPSA) is 92.7 Å². The molecule has 3 aromatic rings. The first-order valence-electron chi connectivity index (χ1n) is 8.56. The number of benzene rings is 1. The van der Waals surface area contributed by atoms with Crippen LogP contribution in [0.3, 0.4) is 0 Å². The van der Waals surface area contributed by atoms with E-state index in [4.69, 9.17) is 17.0 Å². The lowest BCUT2D eigenvalue weighted by molar-refractivity contribution is 0.0600. The van der Waals surface area contributed by atoms with Crippen LogP contribution in [0, 0.1) is 3.95 Å². The summed E-state index contributed by atoms with van der Waals surface area (Å²) in [5.41, 5.74) is 0.741. The van der Waals surface area contributed by atoms with Crippen LogP contribution in [0.5, 0.6) is 0 Å². The molecule has 0 aliphatic carbocycles. The Balaban J connectivity index is 2.14. The van der Waals surface area contributed by atoms with Gasteiger partial charge in [-0.2, -0.15) is 0 Å². The van der Waals surface area contributed by atoms with Crippen LogP contribution in [0.25, 0.3) is 16.6 Å². The zero-order chi connectivity index (χ0) is 19.6. The Hall–Kier alpha value is -2.52. The molecule has 0 spiro atoms. The maximum absolute atomic E-state index is 12.5. The van der Waals surface area contributed by atoms with Gasteiger partial charge in [-0.1, -0.05) is 31.1 Å². The third-order valence-corrected chi connectivity index (χ3v) is 5.59. The minimum Gasteiger partial charge on any atom is -0.465 e. The van der Waals surface area contributed by atoms with Crippen molar-refractivity contribution in [2.24, 2.45) is 0 Å². The molecule has 0 unspecified atom stereocenters. The SMILES string of the molecule is CCCCCNC(=O)c1sc(=S)n2c1[nH]c(=O)c1ccc(C(=O)OC)cc12. The van der Waals surface area contributed by atoms with Crippen molar-refractivity contribution >= 4 is 52.0 Å². The van der Waals surface area contributed by atoms with Gasteiger partial charge >= 0.3 is 5.97 Å². The maximum atomic E-state index is 12.5. The van der Waals surface area contributed by atoms with Crippen LogP contribution in [0.4, 0.5) is 0 Å². The summed E-state index contributed by atoms with van der Waals surface area (Å²) >= 11 is 6.54. The van der Waals surface area contributed by atoms with E-state index in [1.807, 2.05) is 0 Å². The van der Waals surface area contributed by atoms with Crippen LogP contribution in [-0.4, -0.2) is 34.9 Å². The lowest BCUT2D eigenvalue weighted by Gasteiger charge is -2.06. The first-order chi connectivity index (χ1) is 13.0. The van der Waals surface area contributed by atoms with Crippen LogP contribution < -0.4 is 10.9 Å². The number of amides is 1. The lowest BCUT2D eigenvalue weighted by Crippen LogP contribution is -2.24. The van der Waals surface area contributed by atoms with Gasteiger partial charge < -0.3 is 15.0 Å². The largest absolute Gasteiger partial charge is 0.465 e. The van der Waals surface area contributed by atoms with Crippen LogP contribution in [0.15, 0.2) is 23.0 Å². The third kappa shape index (κ3) is 3.65. The molecule has 1 amide bonds. The highest BCUT2D eigenvalue weighted by atomic mass is 32.1. The summed E-state index contributed by atoms with van der Waals surface area (Å²) in [5.74, 6) is -0.787. The molecule has 0 aliphatic heterocycles. The van der Waals surface area contributed by atoms with Gasteiger partial charge in [-0.3, -0.25) is 14.0 Å². The number of ether oxygens (including phenoxy) is 1. The standard InChI is InChI=1S/C18H19N3O4S2/c1-3-4-5-8-19-16(23)13-14-20-15(22)11-7-6-10(17(24)25-2)9-12(11)21(14)18(26)27-13/h6-7,9H,3-5,8H2,1-2H3,(H,19,23)(H,20,22). The molecule has 27 heavy (non-hydrogen) atoms. The molecule has 7 nitrogen and oxygen atoms in total. The van der Waals surface area contributed by atoms with Gasteiger partial charge in [0.1, 0.15) is 10.5 Å². The van der Waals surface area contributed by atoms with E-state index in [0.29, 0.717) is 37.5 Å². The summed E-state index contributed by atoms with van der Waals surface area (Å²) in [6, 6.07) is 4.62. The molecule has 1 aromatic carbocycles.